The van der Waals surface area contributed by atoms with Gasteiger partial charge in [-0.3, -0.25) is 4.90 Å². The number of hydrogen-bond donors (Lipinski definition) is 2. The molecule has 1 fully saturated rings. The van der Waals surface area contributed by atoms with E-state index in [0.29, 0.717) is 18.4 Å². The Morgan fingerprint density at radius 3 is 2.65 bits per heavy atom. The number of thiazole rings is 1. The molecule has 1 aliphatic rings. The molecule has 8 heteroatoms. The van der Waals surface area contributed by atoms with E-state index in [2.05, 4.69) is 58.6 Å². The molecular weight excluding hydrogens is 461 g/mol. The molecule has 2 rings (SSSR count). The van der Waals surface area contributed by atoms with Crippen LogP contribution in [0.4, 0.5) is 0 Å². The van der Waals surface area contributed by atoms with Crippen LogP contribution in [0.5, 0.6) is 0 Å². The lowest BCUT2D eigenvalue weighted by atomic mass is 10.1. The van der Waals surface area contributed by atoms with E-state index in [1.807, 2.05) is 0 Å². The fourth-order valence-electron chi connectivity index (χ4n) is 2.71. The molecule has 1 aromatic rings. The maximum absolute atomic E-state index is 5.41. The molecule has 6 nitrogen and oxygen atoms in total. The number of rotatable bonds is 8. The summed E-state index contributed by atoms with van der Waals surface area (Å²) in [5.41, 5.74) is 1.16. The van der Waals surface area contributed by atoms with E-state index in [4.69, 9.17) is 4.74 Å². The highest BCUT2D eigenvalue weighted by molar-refractivity contribution is 14.0. The number of guanidine groups is 1. The lowest BCUT2D eigenvalue weighted by Crippen LogP contribution is -2.44. The van der Waals surface area contributed by atoms with E-state index in [-0.39, 0.29) is 24.0 Å². The molecule has 0 aromatic carbocycles. The van der Waals surface area contributed by atoms with Crippen molar-refractivity contribution >= 4 is 41.3 Å². The summed E-state index contributed by atoms with van der Waals surface area (Å²) < 4.78 is 5.41. The lowest BCUT2D eigenvalue weighted by molar-refractivity contribution is 0.0320. The Labute approximate surface area is 179 Å². The third kappa shape index (κ3) is 8.49. The van der Waals surface area contributed by atoms with Gasteiger partial charge in [0, 0.05) is 38.1 Å². The minimum atomic E-state index is 0. The van der Waals surface area contributed by atoms with Crippen LogP contribution >= 0.6 is 35.3 Å². The second-order valence-electron chi connectivity index (χ2n) is 6.92. The SMILES string of the molecule is CCNC(=NCc1nc(C(C)C)cs1)NCC(C)CN1CCOCC1.I. The van der Waals surface area contributed by atoms with Gasteiger partial charge in [-0.25, -0.2) is 9.98 Å². The van der Waals surface area contributed by atoms with E-state index >= 15 is 0 Å². The summed E-state index contributed by atoms with van der Waals surface area (Å²) in [5, 5.41) is 10.0. The van der Waals surface area contributed by atoms with Gasteiger partial charge in [0.2, 0.25) is 0 Å². The van der Waals surface area contributed by atoms with Crippen molar-refractivity contribution in [1.82, 2.24) is 20.5 Å². The number of morpholine rings is 1. The Hall–Kier alpha value is -0.450. The smallest absolute Gasteiger partial charge is 0.191 e. The third-order valence-corrected chi connectivity index (χ3v) is 5.02. The minimum Gasteiger partial charge on any atom is -0.379 e. The maximum Gasteiger partial charge on any atom is 0.191 e. The molecule has 0 saturated carbocycles. The molecule has 0 bridgehead atoms. The van der Waals surface area contributed by atoms with Gasteiger partial charge in [-0.05, 0) is 18.8 Å². The molecule has 2 heterocycles. The summed E-state index contributed by atoms with van der Waals surface area (Å²) in [6, 6.07) is 0. The number of nitrogens with zero attached hydrogens (tertiary/aromatic N) is 3. The normalized spacial score (nSPS) is 17.0. The number of aromatic nitrogens is 1. The summed E-state index contributed by atoms with van der Waals surface area (Å²) in [5.74, 6) is 1.91. The summed E-state index contributed by atoms with van der Waals surface area (Å²) in [6.07, 6.45) is 0. The van der Waals surface area contributed by atoms with Crippen molar-refractivity contribution < 1.29 is 4.74 Å². The number of aliphatic imine (C=N–C) groups is 1. The number of nitrogens with one attached hydrogen (secondary N) is 2. The number of hydrogen-bond acceptors (Lipinski definition) is 5. The first kappa shape index (κ1) is 23.6. The fourth-order valence-corrected chi connectivity index (χ4v) is 3.59. The van der Waals surface area contributed by atoms with Crippen LogP contribution < -0.4 is 10.6 Å². The van der Waals surface area contributed by atoms with Gasteiger partial charge in [0.15, 0.2) is 5.96 Å². The van der Waals surface area contributed by atoms with Crippen molar-refractivity contribution in [3.05, 3.63) is 16.1 Å². The molecule has 2 N–H and O–H groups in total. The first-order valence-corrected chi connectivity index (χ1v) is 10.2. The predicted molar refractivity (Wildman–Crippen MR) is 121 cm³/mol. The van der Waals surface area contributed by atoms with E-state index in [1.54, 1.807) is 11.3 Å². The highest BCUT2D eigenvalue weighted by Gasteiger charge is 2.14. The van der Waals surface area contributed by atoms with Crippen molar-refractivity contribution in [1.29, 1.82) is 0 Å². The predicted octanol–water partition coefficient (Wildman–Crippen LogP) is 2.91. The van der Waals surface area contributed by atoms with Crippen molar-refractivity contribution in [3.63, 3.8) is 0 Å². The molecule has 26 heavy (non-hydrogen) atoms. The molecule has 0 amide bonds. The summed E-state index contributed by atoms with van der Waals surface area (Å²) >= 11 is 1.69. The molecule has 1 saturated heterocycles. The van der Waals surface area contributed by atoms with Gasteiger partial charge in [0.25, 0.3) is 0 Å². The van der Waals surface area contributed by atoms with Gasteiger partial charge in [-0.1, -0.05) is 20.8 Å². The zero-order chi connectivity index (χ0) is 18.1. The van der Waals surface area contributed by atoms with Crippen LogP contribution in [0.1, 0.15) is 44.3 Å². The molecule has 150 valence electrons. The van der Waals surface area contributed by atoms with Crippen LogP contribution in [-0.2, 0) is 11.3 Å². The standard InChI is InChI=1S/C18H33N5OS.HI/c1-5-19-18(21-11-17-22-16(13-25-17)14(2)3)20-10-15(4)12-23-6-8-24-9-7-23;/h13-15H,5-12H2,1-4H3,(H2,19,20,21);1H. The Morgan fingerprint density at radius 2 is 2.04 bits per heavy atom. The molecule has 0 aliphatic carbocycles. The van der Waals surface area contributed by atoms with Crippen LogP contribution in [0.3, 0.4) is 0 Å². The first-order chi connectivity index (χ1) is 12.1. The van der Waals surface area contributed by atoms with Gasteiger partial charge < -0.3 is 15.4 Å². The van der Waals surface area contributed by atoms with Crippen LogP contribution in [0.2, 0.25) is 0 Å². The third-order valence-electron chi connectivity index (χ3n) is 4.17. The van der Waals surface area contributed by atoms with E-state index in [9.17, 15) is 0 Å². The van der Waals surface area contributed by atoms with Gasteiger partial charge in [0.05, 0.1) is 25.5 Å². The summed E-state index contributed by atoms with van der Waals surface area (Å²) in [7, 11) is 0. The average molecular weight is 495 g/mol. The van der Waals surface area contributed by atoms with Gasteiger partial charge in [-0.15, -0.1) is 35.3 Å². The van der Waals surface area contributed by atoms with Crippen molar-refractivity contribution in [3.8, 4) is 0 Å². The quantitative estimate of drug-likeness (QED) is 0.330. The highest BCUT2D eigenvalue weighted by atomic mass is 127. The summed E-state index contributed by atoms with van der Waals surface area (Å²) in [6.45, 7) is 16.0. The Kier molecular flexibility index (Phi) is 11.7. The highest BCUT2D eigenvalue weighted by Crippen LogP contribution is 2.18. The van der Waals surface area contributed by atoms with E-state index in [0.717, 1.165) is 62.6 Å². The fraction of sp³-hybridized carbons (Fsp3) is 0.778. The maximum atomic E-state index is 5.41. The van der Waals surface area contributed by atoms with Gasteiger partial charge in [-0.2, -0.15) is 0 Å². The average Bonchev–Trinajstić information content (AvgIpc) is 3.07. The lowest BCUT2D eigenvalue weighted by Gasteiger charge is -2.29. The molecule has 0 radical (unpaired) electrons. The van der Waals surface area contributed by atoms with Crippen molar-refractivity contribution in [2.24, 2.45) is 10.9 Å². The van der Waals surface area contributed by atoms with E-state index < -0.39 is 0 Å². The van der Waals surface area contributed by atoms with Gasteiger partial charge in [0.1, 0.15) is 5.01 Å². The molecular formula is C18H34IN5OS. The Balaban J connectivity index is 0.00000338. The topological polar surface area (TPSA) is 61.8 Å². The second-order valence-corrected chi connectivity index (χ2v) is 7.86. The molecule has 1 unspecified atom stereocenters. The zero-order valence-corrected chi connectivity index (χ0v) is 19.6. The Morgan fingerprint density at radius 1 is 1.31 bits per heavy atom. The Bertz CT molecular complexity index is 531. The van der Waals surface area contributed by atoms with Crippen LogP contribution in [-0.4, -0.2) is 61.8 Å². The first-order valence-electron chi connectivity index (χ1n) is 9.35. The largest absolute Gasteiger partial charge is 0.379 e. The number of halogens is 1. The molecule has 1 atom stereocenters. The summed E-state index contributed by atoms with van der Waals surface area (Å²) in [4.78, 5) is 11.8. The second kappa shape index (κ2) is 12.9. The monoisotopic (exact) mass is 495 g/mol. The molecule has 1 aromatic heterocycles. The van der Waals surface area contributed by atoms with E-state index in [1.165, 1.54) is 0 Å². The van der Waals surface area contributed by atoms with Crippen molar-refractivity contribution in [2.45, 2.75) is 40.2 Å². The van der Waals surface area contributed by atoms with Gasteiger partial charge >= 0.3 is 0 Å². The van der Waals surface area contributed by atoms with Crippen LogP contribution in [0.15, 0.2) is 10.4 Å². The minimum absolute atomic E-state index is 0. The van der Waals surface area contributed by atoms with Crippen LogP contribution in [0, 0.1) is 5.92 Å². The zero-order valence-electron chi connectivity index (χ0n) is 16.5. The molecule has 1 aliphatic heterocycles. The number of ether oxygens (including phenoxy) is 1. The van der Waals surface area contributed by atoms with Crippen molar-refractivity contribution in [2.75, 3.05) is 45.9 Å². The molecule has 0 spiro atoms. The van der Waals surface area contributed by atoms with Crippen LogP contribution in [0.25, 0.3) is 0 Å².